The van der Waals surface area contributed by atoms with Crippen LogP contribution in [-0.2, 0) is 14.8 Å². The fourth-order valence-corrected chi connectivity index (χ4v) is 5.46. The summed E-state index contributed by atoms with van der Waals surface area (Å²) in [7, 11) is -3.77. The summed E-state index contributed by atoms with van der Waals surface area (Å²) in [6.07, 6.45) is 2.00. The Labute approximate surface area is 177 Å². The first-order chi connectivity index (χ1) is 13.8. The third-order valence-corrected chi connectivity index (χ3v) is 7.39. The van der Waals surface area contributed by atoms with Crippen molar-refractivity contribution in [2.45, 2.75) is 37.1 Å². The van der Waals surface area contributed by atoms with Crippen LogP contribution in [0.5, 0.6) is 0 Å². The number of carbonyl (C=O) groups is 1. The summed E-state index contributed by atoms with van der Waals surface area (Å²) in [6.45, 7) is 2.07. The summed E-state index contributed by atoms with van der Waals surface area (Å²) < 4.78 is 33.9. The highest BCUT2D eigenvalue weighted by atomic mass is 79.9. The molecule has 1 fully saturated rings. The van der Waals surface area contributed by atoms with Gasteiger partial charge in [-0.1, -0.05) is 22.4 Å². The van der Waals surface area contributed by atoms with Crippen LogP contribution in [-0.4, -0.2) is 36.2 Å². The number of sulfonamides is 1. The quantitative estimate of drug-likeness (QED) is 0.610. The Morgan fingerprint density at radius 2 is 1.97 bits per heavy atom. The molecule has 0 spiro atoms. The molecule has 0 radical (unpaired) electrons. The van der Waals surface area contributed by atoms with Gasteiger partial charge in [0, 0.05) is 23.6 Å². The van der Waals surface area contributed by atoms with E-state index in [4.69, 9.17) is 4.42 Å². The van der Waals surface area contributed by atoms with Crippen molar-refractivity contribution in [1.82, 2.24) is 9.29 Å². The van der Waals surface area contributed by atoms with Gasteiger partial charge in [-0.3, -0.25) is 4.79 Å². The topological polar surface area (TPSA) is 92.5 Å². The van der Waals surface area contributed by atoms with Crippen molar-refractivity contribution in [3.05, 3.63) is 52.8 Å². The van der Waals surface area contributed by atoms with Crippen LogP contribution in [0.1, 0.15) is 25.2 Å². The number of hydrogen-bond donors (Lipinski definition) is 1. The highest BCUT2D eigenvalue weighted by Gasteiger charge is 2.37. The molecule has 1 aliphatic rings. The van der Waals surface area contributed by atoms with Gasteiger partial charge in [-0.2, -0.15) is 4.31 Å². The van der Waals surface area contributed by atoms with Crippen LogP contribution >= 0.6 is 15.9 Å². The number of nitrogens with one attached hydrogen (secondary N) is 1. The lowest BCUT2D eigenvalue weighted by Crippen LogP contribution is -2.49. The van der Waals surface area contributed by atoms with Gasteiger partial charge >= 0.3 is 0 Å². The van der Waals surface area contributed by atoms with Crippen molar-refractivity contribution in [2.75, 3.05) is 11.9 Å². The van der Waals surface area contributed by atoms with Gasteiger partial charge < -0.3 is 9.73 Å². The molecular formula is C20H20BrN3O4S. The Hall–Kier alpha value is -2.23. The molecule has 4 rings (SSSR count). The number of hydrogen-bond acceptors (Lipinski definition) is 5. The zero-order chi connectivity index (χ0) is 20.6. The van der Waals surface area contributed by atoms with Gasteiger partial charge in [0.25, 0.3) is 0 Å². The van der Waals surface area contributed by atoms with Crippen LogP contribution in [0, 0.1) is 6.92 Å². The molecule has 1 amide bonds. The maximum Gasteiger partial charge on any atom is 0.243 e. The van der Waals surface area contributed by atoms with Gasteiger partial charge in [0.05, 0.1) is 4.90 Å². The molecule has 1 atom stereocenters. The fraction of sp³-hybridized carbons (Fsp3) is 0.300. The predicted octanol–water partition coefficient (Wildman–Crippen LogP) is 4.08. The number of rotatable bonds is 4. The summed E-state index contributed by atoms with van der Waals surface area (Å²) in [5.74, 6) is 0.201. The predicted molar refractivity (Wildman–Crippen MR) is 113 cm³/mol. The van der Waals surface area contributed by atoms with E-state index in [0.717, 1.165) is 17.3 Å². The molecule has 9 heteroatoms. The van der Waals surface area contributed by atoms with E-state index in [-0.39, 0.29) is 10.8 Å². The molecule has 1 aromatic heterocycles. The zero-order valence-electron chi connectivity index (χ0n) is 15.8. The number of anilines is 1. The van der Waals surface area contributed by atoms with Crippen LogP contribution in [0.25, 0.3) is 11.1 Å². The summed E-state index contributed by atoms with van der Waals surface area (Å²) >= 11 is 3.31. The Morgan fingerprint density at radius 3 is 2.72 bits per heavy atom. The second-order valence-corrected chi connectivity index (χ2v) is 9.79. The van der Waals surface area contributed by atoms with Gasteiger partial charge in [-0.25, -0.2) is 13.4 Å². The Morgan fingerprint density at radius 1 is 1.21 bits per heavy atom. The second kappa shape index (κ2) is 7.89. The van der Waals surface area contributed by atoms with E-state index >= 15 is 0 Å². The SMILES string of the molecule is Cc1nc2cc(NC(=O)C3CCCCN3S(=O)(=O)c3ccc(Br)cc3)ccc2o1. The van der Waals surface area contributed by atoms with Crippen molar-refractivity contribution >= 4 is 48.6 Å². The van der Waals surface area contributed by atoms with Crippen molar-refractivity contribution in [3.63, 3.8) is 0 Å². The minimum absolute atomic E-state index is 0.180. The normalized spacial score (nSPS) is 18.1. The van der Waals surface area contributed by atoms with Crippen molar-refractivity contribution in [3.8, 4) is 0 Å². The number of benzene rings is 2. The molecule has 1 N–H and O–H groups in total. The number of aromatic nitrogens is 1. The molecule has 3 aromatic rings. The van der Waals surface area contributed by atoms with Gasteiger partial charge in [0.15, 0.2) is 11.5 Å². The molecule has 29 heavy (non-hydrogen) atoms. The van der Waals surface area contributed by atoms with E-state index in [2.05, 4.69) is 26.2 Å². The average molecular weight is 478 g/mol. The zero-order valence-corrected chi connectivity index (χ0v) is 18.2. The summed E-state index contributed by atoms with van der Waals surface area (Å²) in [4.78, 5) is 17.4. The van der Waals surface area contributed by atoms with Crippen molar-refractivity contribution in [1.29, 1.82) is 0 Å². The summed E-state index contributed by atoms with van der Waals surface area (Å²) in [5.41, 5.74) is 1.84. The van der Waals surface area contributed by atoms with Crippen LogP contribution in [0.3, 0.4) is 0 Å². The lowest BCUT2D eigenvalue weighted by Gasteiger charge is -2.33. The number of oxazole rings is 1. The first kappa shape index (κ1) is 20.1. The minimum atomic E-state index is -3.77. The first-order valence-corrected chi connectivity index (χ1v) is 11.5. The molecule has 0 bridgehead atoms. The number of halogens is 1. The Kier molecular flexibility index (Phi) is 5.46. The van der Waals surface area contributed by atoms with E-state index in [1.165, 1.54) is 4.31 Å². The molecular weight excluding hydrogens is 458 g/mol. The third kappa shape index (κ3) is 4.08. The maximum absolute atomic E-state index is 13.2. The van der Waals surface area contributed by atoms with E-state index in [1.54, 1.807) is 49.4 Å². The van der Waals surface area contributed by atoms with Crippen LogP contribution in [0.4, 0.5) is 5.69 Å². The molecule has 0 saturated carbocycles. The van der Waals surface area contributed by atoms with Gasteiger partial charge in [-0.15, -0.1) is 0 Å². The van der Waals surface area contributed by atoms with E-state index < -0.39 is 16.1 Å². The lowest BCUT2D eigenvalue weighted by atomic mass is 10.0. The summed E-state index contributed by atoms with van der Waals surface area (Å²) in [5, 5.41) is 2.84. The second-order valence-electron chi connectivity index (χ2n) is 6.99. The number of fused-ring (bicyclic) bond motifs is 1. The Balaban J connectivity index is 1.58. The number of nitrogens with zero attached hydrogens (tertiary/aromatic N) is 2. The van der Waals surface area contributed by atoms with E-state index in [1.807, 2.05) is 0 Å². The fourth-order valence-electron chi connectivity index (χ4n) is 3.54. The van der Waals surface area contributed by atoms with Gasteiger partial charge in [-0.05, 0) is 55.3 Å². The summed E-state index contributed by atoms with van der Waals surface area (Å²) in [6, 6.07) is 10.9. The largest absolute Gasteiger partial charge is 0.441 e. The number of carbonyl (C=O) groups excluding carboxylic acids is 1. The van der Waals surface area contributed by atoms with Crippen LogP contribution in [0.15, 0.2) is 56.2 Å². The molecule has 1 saturated heterocycles. The third-order valence-electron chi connectivity index (χ3n) is 4.94. The minimum Gasteiger partial charge on any atom is -0.441 e. The van der Waals surface area contributed by atoms with Crippen molar-refractivity contribution in [2.24, 2.45) is 0 Å². The molecule has 7 nitrogen and oxygen atoms in total. The van der Waals surface area contributed by atoms with E-state index in [9.17, 15) is 13.2 Å². The standard InChI is InChI=1S/C20H20BrN3O4S/c1-13-22-17-12-15(7-10-19(17)28-13)23-20(25)18-4-2-3-11-24(18)29(26,27)16-8-5-14(21)6-9-16/h5-10,12,18H,2-4,11H2,1H3,(H,23,25). The molecule has 0 aliphatic carbocycles. The Bertz CT molecular complexity index is 1160. The van der Waals surface area contributed by atoms with Crippen LogP contribution in [0.2, 0.25) is 0 Å². The molecule has 1 unspecified atom stereocenters. The highest BCUT2D eigenvalue weighted by Crippen LogP contribution is 2.28. The average Bonchev–Trinajstić information content (AvgIpc) is 3.07. The van der Waals surface area contributed by atoms with Crippen molar-refractivity contribution < 1.29 is 17.6 Å². The molecule has 2 heterocycles. The lowest BCUT2D eigenvalue weighted by molar-refractivity contribution is -0.120. The molecule has 1 aliphatic heterocycles. The number of amides is 1. The van der Waals surface area contributed by atoms with E-state index in [0.29, 0.717) is 35.6 Å². The monoisotopic (exact) mass is 477 g/mol. The number of aryl methyl sites for hydroxylation is 1. The van der Waals surface area contributed by atoms with Gasteiger partial charge in [0.2, 0.25) is 15.9 Å². The molecule has 152 valence electrons. The first-order valence-electron chi connectivity index (χ1n) is 9.30. The highest BCUT2D eigenvalue weighted by molar-refractivity contribution is 9.10. The molecule has 2 aromatic carbocycles. The maximum atomic E-state index is 13.2. The van der Waals surface area contributed by atoms with Crippen LogP contribution < -0.4 is 5.32 Å². The smallest absolute Gasteiger partial charge is 0.243 e. The number of piperidine rings is 1. The van der Waals surface area contributed by atoms with Gasteiger partial charge in [0.1, 0.15) is 11.6 Å².